The molecule has 136 valence electrons. The van der Waals surface area contributed by atoms with Crippen molar-refractivity contribution >= 4 is 28.3 Å². The number of tetrazole rings is 1. The Kier molecular flexibility index (Phi) is 4.10. The minimum atomic E-state index is 0.602. The Balaban J connectivity index is 1.65. The van der Waals surface area contributed by atoms with Crippen molar-refractivity contribution < 1.29 is 4.74 Å². The summed E-state index contributed by atoms with van der Waals surface area (Å²) in [5.41, 5.74) is 3.71. The van der Waals surface area contributed by atoms with Gasteiger partial charge in [-0.1, -0.05) is 30.3 Å². The number of hydrogen-bond acceptors (Lipinski definition) is 7. The predicted octanol–water partition coefficient (Wildman–Crippen LogP) is 3.89. The van der Waals surface area contributed by atoms with Crippen molar-refractivity contribution in [2.75, 3.05) is 7.11 Å². The smallest absolute Gasteiger partial charge is 0.200 e. The number of fused-ring (bicyclic) bond motifs is 2. The highest BCUT2D eigenvalue weighted by Crippen LogP contribution is 2.35. The van der Waals surface area contributed by atoms with Crippen molar-refractivity contribution in [3.05, 3.63) is 66.7 Å². The molecule has 0 aliphatic carbocycles. The van der Waals surface area contributed by atoms with Gasteiger partial charge in [-0.2, -0.15) is 0 Å². The molecule has 0 fully saturated rings. The maximum Gasteiger partial charge on any atom is 0.200 e. The number of hydrogen-bond donors (Lipinski definition) is 0. The Hall–Kier alpha value is -3.52. The van der Waals surface area contributed by atoms with E-state index < -0.39 is 0 Å². The molecule has 28 heavy (non-hydrogen) atoms. The van der Waals surface area contributed by atoms with Gasteiger partial charge in [0.15, 0.2) is 5.65 Å². The second kappa shape index (κ2) is 6.90. The second-order valence-corrected chi connectivity index (χ2v) is 7.10. The maximum absolute atomic E-state index is 5.38. The molecule has 3 aromatic heterocycles. The molecule has 2 aromatic carbocycles. The summed E-state index contributed by atoms with van der Waals surface area (Å²) in [7, 11) is 1.66. The van der Waals surface area contributed by atoms with Gasteiger partial charge >= 0.3 is 0 Å². The lowest BCUT2D eigenvalue weighted by Gasteiger charge is -2.11. The summed E-state index contributed by atoms with van der Waals surface area (Å²) < 4.78 is 6.79. The molecule has 0 saturated carbocycles. The van der Waals surface area contributed by atoms with E-state index in [9.17, 15) is 0 Å². The van der Waals surface area contributed by atoms with Gasteiger partial charge < -0.3 is 4.74 Å². The first-order valence-electron chi connectivity index (χ1n) is 8.58. The van der Waals surface area contributed by atoms with Crippen LogP contribution in [0.2, 0.25) is 0 Å². The summed E-state index contributed by atoms with van der Waals surface area (Å²) in [6, 6.07) is 22.0. The third-order valence-electron chi connectivity index (χ3n) is 4.33. The van der Waals surface area contributed by atoms with Crippen LogP contribution in [0.4, 0.5) is 0 Å². The summed E-state index contributed by atoms with van der Waals surface area (Å²) >= 11 is 1.46. The number of aromatic nitrogens is 6. The predicted molar refractivity (Wildman–Crippen MR) is 106 cm³/mol. The van der Waals surface area contributed by atoms with Gasteiger partial charge in [-0.05, 0) is 63.6 Å². The number of pyridine rings is 1. The van der Waals surface area contributed by atoms with Crippen molar-refractivity contribution in [2.45, 2.75) is 10.1 Å². The van der Waals surface area contributed by atoms with Gasteiger partial charge in [0.05, 0.1) is 12.6 Å². The van der Waals surface area contributed by atoms with Crippen molar-refractivity contribution in [1.82, 2.24) is 30.2 Å². The lowest BCUT2D eigenvalue weighted by atomic mass is 10.0. The van der Waals surface area contributed by atoms with Crippen LogP contribution in [-0.2, 0) is 0 Å². The Labute approximate surface area is 164 Å². The van der Waals surface area contributed by atoms with Gasteiger partial charge in [-0.15, -0.1) is 14.8 Å². The molecule has 0 N–H and O–H groups in total. The molecule has 5 aromatic rings. The topological polar surface area (TPSA) is 78.1 Å². The van der Waals surface area contributed by atoms with Crippen molar-refractivity contribution in [3.8, 4) is 16.9 Å². The van der Waals surface area contributed by atoms with Crippen LogP contribution in [0.5, 0.6) is 5.75 Å². The molecular weight excluding hydrogens is 372 g/mol. The van der Waals surface area contributed by atoms with E-state index in [1.807, 2.05) is 48.5 Å². The van der Waals surface area contributed by atoms with Gasteiger partial charge in [-0.3, -0.25) is 0 Å². The average Bonchev–Trinajstić information content (AvgIpc) is 3.21. The summed E-state index contributed by atoms with van der Waals surface area (Å²) in [5, 5.41) is 18.4. The zero-order valence-electron chi connectivity index (χ0n) is 14.9. The van der Waals surface area contributed by atoms with E-state index in [4.69, 9.17) is 9.72 Å². The summed E-state index contributed by atoms with van der Waals surface area (Å²) in [6.45, 7) is 0. The van der Waals surface area contributed by atoms with E-state index in [0.717, 1.165) is 37.8 Å². The number of nitrogens with zero attached hydrogens (tertiary/aromatic N) is 6. The van der Waals surface area contributed by atoms with E-state index in [0.29, 0.717) is 5.65 Å². The van der Waals surface area contributed by atoms with Crippen molar-refractivity contribution in [2.24, 2.45) is 0 Å². The highest BCUT2D eigenvalue weighted by molar-refractivity contribution is 7.99. The van der Waals surface area contributed by atoms with Crippen LogP contribution in [0.25, 0.3) is 27.7 Å². The summed E-state index contributed by atoms with van der Waals surface area (Å²) in [5.74, 6) is 0.773. The van der Waals surface area contributed by atoms with Gasteiger partial charge in [0.25, 0.3) is 0 Å². The summed E-state index contributed by atoms with van der Waals surface area (Å²) in [6.07, 6.45) is 0. The van der Waals surface area contributed by atoms with Crippen LogP contribution in [0, 0.1) is 0 Å². The fourth-order valence-electron chi connectivity index (χ4n) is 3.01. The highest BCUT2D eigenvalue weighted by atomic mass is 32.2. The quantitative estimate of drug-likeness (QED) is 0.463. The number of rotatable bonds is 4. The minimum absolute atomic E-state index is 0.602. The molecule has 5 rings (SSSR count). The Bertz CT molecular complexity index is 1290. The first-order valence-corrected chi connectivity index (χ1v) is 9.39. The lowest BCUT2D eigenvalue weighted by Crippen LogP contribution is -1.96. The largest absolute Gasteiger partial charge is 0.497 e. The third-order valence-corrected chi connectivity index (χ3v) is 5.18. The van der Waals surface area contributed by atoms with Crippen LogP contribution in [-0.4, -0.2) is 37.3 Å². The van der Waals surface area contributed by atoms with Crippen LogP contribution in [0.15, 0.2) is 76.8 Å². The highest BCUT2D eigenvalue weighted by Gasteiger charge is 2.11. The van der Waals surface area contributed by atoms with Crippen LogP contribution in [0.1, 0.15) is 0 Å². The zero-order valence-corrected chi connectivity index (χ0v) is 15.7. The number of ether oxygens (including phenoxy) is 1. The fraction of sp³-hybridized carbons (Fsp3) is 0.0500. The molecule has 0 aliphatic heterocycles. The standard InChI is InChI=1S/C20H14N6OS/c1-27-14-7-8-15-16(13-5-3-2-4-6-13)12-20(21-17(15)11-14)28-19-10-9-18-22-24-25-26(18)23-19/h2-12H,1H3. The first-order chi connectivity index (χ1) is 13.8. The zero-order chi connectivity index (χ0) is 18.9. The van der Waals surface area contributed by atoms with E-state index in [-0.39, 0.29) is 0 Å². The SMILES string of the molecule is COc1ccc2c(-c3ccccc3)cc(Sc3ccc4nnnn4n3)nc2c1. The minimum Gasteiger partial charge on any atom is -0.497 e. The second-order valence-electron chi connectivity index (χ2n) is 6.06. The van der Waals surface area contributed by atoms with Crippen LogP contribution in [0.3, 0.4) is 0 Å². The Morgan fingerprint density at radius 1 is 0.929 bits per heavy atom. The molecule has 0 saturated heterocycles. The van der Waals surface area contributed by atoms with E-state index in [2.05, 4.69) is 38.8 Å². The number of methoxy groups -OCH3 is 1. The molecule has 0 amide bonds. The molecule has 3 heterocycles. The van der Waals surface area contributed by atoms with E-state index in [1.165, 1.54) is 16.4 Å². The molecule has 0 aliphatic rings. The lowest BCUT2D eigenvalue weighted by molar-refractivity contribution is 0.415. The monoisotopic (exact) mass is 386 g/mol. The molecule has 0 radical (unpaired) electrons. The Morgan fingerprint density at radius 3 is 2.68 bits per heavy atom. The fourth-order valence-corrected chi connectivity index (χ4v) is 3.80. The molecule has 0 atom stereocenters. The Morgan fingerprint density at radius 2 is 1.82 bits per heavy atom. The van der Waals surface area contributed by atoms with Crippen molar-refractivity contribution in [1.29, 1.82) is 0 Å². The molecule has 0 spiro atoms. The molecule has 8 heteroatoms. The number of benzene rings is 2. The summed E-state index contributed by atoms with van der Waals surface area (Å²) in [4.78, 5) is 4.82. The molecular formula is C20H14N6OS. The van der Waals surface area contributed by atoms with Gasteiger partial charge in [0.1, 0.15) is 15.8 Å². The van der Waals surface area contributed by atoms with Gasteiger partial charge in [0.2, 0.25) is 0 Å². The van der Waals surface area contributed by atoms with E-state index >= 15 is 0 Å². The third kappa shape index (κ3) is 3.03. The average molecular weight is 386 g/mol. The first kappa shape index (κ1) is 16.6. The molecule has 0 unspecified atom stereocenters. The molecule has 7 nitrogen and oxygen atoms in total. The van der Waals surface area contributed by atoms with Crippen LogP contribution >= 0.6 is 11.8 Å². The van der Waals surface area contributed by atoms with Gasteiger partial charge in [-0.25, -0.2) is 4.98 Å². The molecule has 0 bridgehead atoms. The normalized spacial score (nSPS) is 11.2. The van der Waals surface area contributed by atoms with Crippen molar-refractivity contribution in [3.63, 3.8) is 0 Å². The van der Waals surface area contributed by atoms with Gasteiger partial charge in [0, 0.05) is 11.5 Å². The van der Waals surface area contributed by atoms with E-state index in [1.54, 1.807) is 7.11 Å². The van der Waals surface area contributed by atoms with Crippen LogP contribution < -0.4 is 4.74 Å². The maximum atomic E-state index is 5.38.